The summed E-state index contributed by atoms with van der Waals surface area (Å²) >= 11 is 6.14. The van der Waals surface area contributed by atoms with Gasteiger partial charge in [0.05, 0.1) is 12.1 Å². The highest BCUT2D eigenvalue weighted by Crippen LogP contribution is 2.30. The van der Waals surface area contributed by atoms with Crippen LogP contribution in [-0.2, 0) is 0 Å². The third-order valence-corrected chi connectivity index (χ3v) is 5.02. The zero-order valence-corrected chi connectivity index (χ0v) is 16.2. The van der Waals surface area contributed by atoms with Gasteiger partial charge in [0.25, 0.3) is 0 Å². The predicted octanol–water partition coefficient (Wildman–Crippen LogP) is 3.43. The number of rotatable bonds is 5. The van der Waals surface area contributed by atoms with Gasteiger partial charge in [0.2, 0.25) is 0 Å². The number of benzene rings is 1. The zero-order valence-electron chi connectivity index (χ0n) is 15.4. The van der Waals surface area contributed by atoms with E-state index in [-0.39, 0.29) is 12.1 Å². The third-order valence-electron chi connectivity index (χ3n) is 4.78. The topological polar surface area (TPSA) is 50.1 Å². The van der Waals surface area contributed by atoms with E-state index in [4.69, 9.17) is 11.6 Å². The minimum absolute atomic E-state index is 0.235. The predicted molar refractivity (Wildman–Crippen MR) is 101 cm³/mol. The molecular weight excluding hydrogens is 336 g/mol. The summed E-state index contributed by atoms with van der Waals surface area (Å²) < 4.78 is 1.95. The quantitative estimate of drug-likeness (QED) is 0.815. The molecule has 0 aliphatic carbocycles. The summed E-state index contributed by atoms with van der Waals surface area (Å²) in [6, 6.07) is 8.59. The van der Waals surface area contributed by atoms with Crippen LogP contribution in [0.3, 0.4) is 0 Å². The summed E-state index contributed by atoms with van der Waals surface area (Å²) in [4.78, 5) is 4.90. The van der Waals surface area contributed by atoms with Crippen LogP contribution < -0.4 is 4.90 Å². The first-order chi connectivity index (χ1) is 12.0. The second kappa shape index (κ2) is 7.70. The SMILES string of the molecule is CC(C)[C@H](c1nnnn1C(C)C)N1CCN(c2cccc(Cl)c2)CC1. The Labute approximate surface area is 154 Å². The molecule has 1 atom stereocenters. The number of piperazine rings is 1. The highest BCUT2D eigenvalue weighted by atomic mass is 35.5. The molecule has 2 heterocycles. The summed E-state index contributed by atoms with van der Waals surface area (Å²) in [6.45, 7) is 12.7. The first-order valence-corrected chi connectivity index (χ1v) is 9.37. The standard InChI is InChI=1S/C18H27ClN6/c1-13(2)17(18-20-21-22-25(18)14(3)4)24-10-8-23(9-11-24)16-7-5-6-15(19)12-16/h5-7,12-14,17H,8-11H2,1-4H3/t17-/m1/s1. The van der Waals surface area contributed by atoms with Crippen molar-refractivity contribution in [2.75, 3.05) is 31.1 Å². The molecule has 1 aromatic carbocycles. The molecule has 1 saturated heterocycles. The minimum atomic E-state index is 0.235. The van der Waals surface area contributed by atoms with Crippen molar-refractivity contribution in [1.82, 2.24) is 25.1 Å². The first kappa shape index (κ1) is 18.1. The van der Waals surface area contributed by atoms with E-state index in [0.29, 0.717) is 5.92 Å². The van der Waals surface area contributed by atoms with Crippen LogP contribution in [0.1, 0.15) is 45.6 Å². The van der Waals surface area contributed by atoms with Crippen molar-refractivity contribution in [1.29, 1.82) is 0 Å². The molecule has 0 unspecified atom stereocenters. The Hall–Kier alpha value is -1.66. The van der Waals surface area contributed by atoms with E-state index in [0.717, 1.165) is 37.0 Å². The molecule has 0 N–H and O–H groups in total. The van der Waals surface area contributed by atoms with E-state index >= 15 is 0 Å². The lowest BCUT2D eigenvalue weighted by Gasteiger charge is -2.41. The number of aromatic nitrogens is 4. The van der Waals surface area contributed by atoms with E-state index in [1.807, 2.05) is 22.9 Å². The molecule has 1 aliphatic rings. The molecule has 0 saturated carbocycles. The maximum absolute atomic E-state index is 6.14. The zero-order chi connectivity index (χ0) is 18.0. The molecule has 2 aromatic rings. The largest absolute Gasteiger partial charge is 0.369 e. The Bertz CT molecular complexity index is 690. The Morgan fingerprint density at radius 2 is 1.76 bits per heavy atom. The Balaban J connectivity index is 1.74. The number of halogens is 1. The fourth-order valence-corrected chi connectivity index (χ4v) is 3.76. The Kier molecular flexibility index (Phi) is 5.59. The van der Waals surface area contributed by atoms with Gasteiger partial charge in [-0.1, -0.05) is 31.5 Å². The van der Waals surface area contributed by atoms with Gasteiger partial charge in [-0.15, -0.1) is 5.10 Å². The lowest BCUT2D eigenvalue weighted by atomic mass is 10.0. The van der Waals surface area contributed by atoms with E-state index in [1.54, 1.807) is 0 Å². The van der Waals surface area contributed by atoms with Gasteiger partial charge >= 0.3 is 0 Å². The molecule has 1 aliphatic heterocycles. The average molecular weight is 363 g/mol. The van der Waals surface area contributed by atoms with Gasteiger partial charge in [0.1, 0.15) is 0 Å². The van der Waals surface area contributed by atoms with Gasteiger partial charge in [0, 0.05) is 36.9 Å². The van der Waals surface area contributed by atoms with Gasteiger partial charge < -0.3 is 4.90 Å². The summed E-state index contributed by atoms with van der Waals surface area (Å²) in [6.07, 6.45) is 0. The molecule has 25 heavy (non-hydrogen) atoms. The van der Waals surface area contributed by atoms with Crippen LogP contribution in [0.15, 0.2) is 24.3 Å². The van der Waals surface area contributed by atoms with E-state index in [2.05, 4.69) is 59.1 Å². The molecule has 0 spiro atoms. The smallest absolute Gasteiger partial charge is 0.168 e. The van der Waals surface area contributed by atoms with Crippen molar-refractivity contribution >= 4 is 17.3 Å². The summed E-state index contributed by atoms with van der Waals surface area (Å²) in [5, 5.41) is 13.3. The third kappa shape index (κ3) is 3.96. The van der Waals surface area contributed by atoms with Gasteiger partial charge in [-0.2, -0.15) is 0 Å². The van der Waals surface area contributed by atoms with E-state index < -0.39 is 0 Å². The Morgan fingerprint density at radius 3 is 2.36 bits per heavy atom. The van der Waals surface area contributed by atoms with Crippen LogP contribution in [0.2, 0.25) is 5.02 Å². The summed E-state index contributed by atoms with van der Waals surface area (Å²) in [7, 11) is 0. The van der Waals surface area contributed by atoms with Gasteiger partial charge in [-0.25, -0.2) is 4.68 Å². The van der Waals surface area contributed by atoms with Crippen molar-refractivity contribution in [2.45, 2.75) is 39.8 Å². The highest BCUT2D eigenvalue weighted by Gasteiger charge is 2.31. The summed E-state index contributed by atoms with van der Waals surface area (Å²) in [5.74, 6) is 1.42. The van der Waals surface area contributed by atoms with E-state index in [1.165, 1.54) is 5.69 Å². The number of hydrogen-bond donors (Lipinski definition) is 0. The second-order valence-corrected chi connectivity index (χ2v) is 7.70. The van der Waals surface area contributed by atoms with Crippen LogP contribution in [-0.4, -0.2) is 51.3 Å². The molecule has 1 aromatic heterocycles. The van der Waals surface area contributed by atoms with Crippen molar-refractivity contribution in [2.24, 2.45) is 5.92 Å². The number of tetrazole rings is 1. The van der Waals surface area contributed by atoms with Crippen LogP contribution in [0.25, 0.3) is 0 Å². The molecule has 0 bridgehead atoms. The molecule has 6 nitrogen and oxygen atoms in total. The van der Waals surface area contributed by atoms with E-state index in [9.17, 15) is 0 Å². The Morgan fingerprint density at radius 1 is 1.04 bits per heavy atom. The van der Waals surface area contributed by atoms with Crippen molar-refractivity contribution in [3.8, 4) is 0 Å². The van der Waals surface area contributed by atoms with Gasteiger partial charge in [-0.3, -0.25) is 4.90 Å². The lowest BCUT2D eigenvalue weighted by molar-refractivity contribution is 0.133. The maximum Gasteiger partial charge on any atom is 0.168 e. The number of nitrogens with zero attached hydrogens (tertiary/aromatic N) is 6. The molecular formula is C18H27ClN6. The fourth-order valence-electron chi connectivity index (χ4n) is 3.58. The normalized spacial score (nSPS) is 17.5. The van der Waals surface area contributed by atoms with Crippen LogP contribution in [0.5, 0.6) is 0 Å². The molecule has 0 amide bonds. The number of hydrogen-bond acceptors (Lipinski definition) is 5. The molecule has 0 radical (unpaired) electrons. The van der Waals surface area contributed by atoms with Crippen LogP contribution in [0, 0.1) is 5.92 Å². The van der Waals surface area contributed by atoms with Gasteiger partial charge in [-0.05, 0) is 48.4 Å². The van der Waals surface area contributed by atoms with Crippen LogP contribution in [0.4, 0.5) is 5.69 Å². The molecule has 7 heteroatoms. The monoisotopic (exact) mass is 362 g/mol. The van der Waals surface area contributed by atoms with Crippen LogP contribution >= 0.6 is 11.6 Å². The fraction of sp³-hybridized carbons (Fsp3) is 0.611. The summed E-state index contributed by atoms with van der Waals surface area (Å²) in [5.41, 5.74) is 1.19. The number of anilines is 1. The average Bonchev–Trinajstić information content (AvgIpc) is 3.05. The minimum Gasteiger partial charge on any atom is -0.369 e. The lowest BCUT2D eigenvalue weighted by Crippen LogP contribution is -2.49. The molecule has 136 valence electrons. The van der Waals surface area contributed by atoms with Gasteiger partial charge in [0.15, 0.2) is 5.82 Å². The highest BCUT2D eigenvalue weighted by molar-refractivity contribution is 6.30. The van der Waals surface area contributed by atoms with Crippen molar-refractivity contribution in [3.63, 3.8) is 0 Å². The van der Waals surface area contributed by atoms with Crippen molar-refractivity contribution < 1.29 is 0 Å². The molecule has 1 fully saturated rings. The molecule has 3 rings (SSSR count). The second-order valence-electron chi connectivity index (χ2n) is 7.27. The van der Waals surface area contributed by atoms with Crippen molar-refractivity contribution in [3.05, 3.63) is 35.1 Å². The maximum atomic E-state index is 6.14. The first-order valence-electron chi connectivity index (χ1n) is 8.99.